The predicted molar refractivity (Wildman–Crippen MR) is 141 cm³/mol. The van der Waals surface area contributed by atoms with E-state index in [1.165, 1.54) is 11.1 Å². The van der Waals surface area contributed by atoms with Crippen molar-refractivity contribution in [1.29, 1.82) is 0 Å². The largest absolute Gasteiger partial charge is 0.147 e. The third-order valence-corrected chi connectivity index (χ3v) is 43.0. The van der Waals surface area contributed by atoms with E-state index in [0.29, 0.717) is 7.35 Å². The summed E-state index contributed by atoms with van der Waals surface area (Å²) < 4.78 is 4.20. The molecule has 3 aromatic rings. The molecule has 2 aliphatic carbocycles. The first-order valence-corrected chi connectivity index (χ1v) is 27.4. The van der Waals surface area contributed by atoms with Crippen LogP contribution in [0.15, 0.2) is 90.0 Å². The van der Waals surface area contributed by atoms with Crippen LogP contribution in [-0.2, 0) is 19.1 Å². The number of allylic oxidation sites excluding steroid dienone is 2. The zero-order valence-corrected chi connectivity index (χ0v) is 25.0. The van der Waals surface area contributed by atoms with Gasteiger partial charge in [-0.3, -0.25) is 0 Å². The number of hydrogen-bond donors (Lipinski definition) is 0. The molecule has 0 saturated carbocycles. The van der Waals surface area contributed by atoms with Crippen molar-refractivity contribution in [3.63, 3.8) is 0 Å². The van der Waals surface area contributed by atoms with Crippen LogP contribution in [0.5, 0.6) is 0 Å². The van der Waals surface area contributed by atoms with Gasteiger partial charge in [0.2, 0.25) is 0 Å². The Morgan fingerprint density at radius 2 is 1.03 bits per heavy atom. The molecular weight excluding hydrogens is 602 g/mol. The van der Waals surface area contributed by atoms with Gasteiger partial charge in [0.25, 0.3) is 0 Å². The molecule has 160 valence electrons. The van der Waals surface area contributed by atoms with E-state index in [-0.39, 0.29) is 31.5 Å². The van der Waals surface area contributed by atoms with E-state index in [1.807, 2.05) is 0 Å². The van der Waals surface area contributed by atoms with E-state index in [0.717, 1.165) is 0 Å². The molecule has 0 radical (unpaired) electrons. The third kappa shape index (κ3) is 4.25. The number of fused-ring (bicyclic) bond motifs is 2. The summed E-state index contributed by atoms with van der Waals surface area (Å²) in [6, 6.07) is 29.9. The minimum Gasteiger partial charge on any atom is -0.147 e. The van der Waals surface area contributed by atoms with Gasteiger partial charge in [-0.1, -0.05) is 0 Å². The monoisotopic (exact) mass is 632 g/mol. The first-order chi connectivity index (χ1) is 14.1. The van der Waals surface area contributed by atoms with Crippen molar-refractivity contribution in [3.8, 4) is 0 Å². The van der Waals surface area contributed by atoms with E-state index in [1.54, 1.807) is 27.5 Å². The van der Waals surface area contributed by atoms with Crippen molar-refractivity contribution >= 4 is 48.9 Å². The van der Waals surface area contributed by atoms with Gasteiger partial charge in [-0.2, -0.15) is 0 Å². The molecule has 0 amide bonds. The number of halogens is 2. The number of benzene rings is 3. The van der Waals surface area contributed by atoms with Gasteiger partial charge in [-0.25, -0.2) is 0 Å². The van der Waals surface area contributed by atoms with Gasteiger partial charge in [-0.15, -0.1) is 24.8 Å². The molecule has 0 spiro atoms. The molecule has 0 bridgehead atoms. The second-order valence-electron chi connectivity index (χ2n) is 9.07. The summed E-state index contributed by atoms with van der Waals surface area (Å²) in [6.07, 6.45) is 4.97. The minimum atomic E-state index is -2.92. The van der Waals surface area contributed by atoms with Crippen LogP contribution in [0.1, 0.15) is 43.5 Å². The van der Waals surface area contributed by atoms with Crippen LogP contribution >= 0.6 is 24.8 Å². The first-order valence-electron chi connectivity index (χ1n) is 10.7. The zero-order chi connectivity index (χ0) is 20.0. The second-order valence-corrected chi connectivity index (χ2v) is 41.5. The average Bonchev–Trinajstić information content (AvgIpc) is 3.24. The Hall–Kier alpha value is -1.19. The minimum absolute atomic E-state index is 0. The molecule has 0 N–H and O–H groups in total. The van der Waals surface area contributed by atoms with Crippen LogP contribution in [-0.4, -0.2) is 6.71 Å². The number of hydrogen-bond acceptors (Lipinski definition) is 0. The standard InChI is InChI=1S/2C10H9.C6H7Si.CH3.2ClH.Hf/c2*1-8-6-9-4-2-3-5-10(9)7-8;7-6-4-2-1-3-5-6;;;;/h2*2-7H,1H3;1-5H,7H2;1H3;2*1H;. The molecule has 31 heavy (non-hydrogen) atoms. The predicted octanol–water partition coefficient (Wildman–Crippen LogP) is 6.76. The van der Waals surface area contributed by atoms with Crippen molar-refractivity contribution in [1.82, 2.24) is 0 Å². The Morgan fingerprint density at radius 1 is 0.613 bits per heavy atom. The summed E-state index contributed by atoms with van der Waals surface area (Å²) in [5.41, 5.74) is 9.42. The molecule has 2 aliphatic rings. The van der Waals surface area contributed by atoms with E-state index >= 15 is 0 Å². The van der Waals surface area contributed by atoms with Gasteiger partial charge in [0.05, 0.1) is 0 Å². The smallest absolute Gasteiger partial charge is 0.147 e. The quantitative estimate of drug-likeness (QED) is 0.279. The maximum Gasteiger partial charge on any atom is -0.147 e. The van der Waals surface area contributed by atoms with E-state index in [9.17, 15) is 0 Å². The third-order valence-electron chi connectivity index (χ3n) is 7.04. The van der Waals surface area contributed by atoms with Crippen molar-refractivity contribution in [3.05, 3.63) is 112 Å². The maximum atomic E-state index is 2.81. The van der Waals surface area contributed by atoms with Crippen molar-refractivity contribution in [2.45, 2.75) is 25.9 Å². The van der Waals surface area contributed by atoms with Crippen LogP contribution in [0.2, 0.25) is 4.68 Å². The molecule has 3 aromatic carbocycles. The summed E-state index contributed by atoms with van der Waals surface area (Å²) >= 11 is -2.92. The van der Waals surface area contributed by atoms with Gasteiger partial charge in [0.1, 0.15) is 0 Å². The van der Waals surface area contributed by atoms with Gasteiger partial charge in [-0.05, 0) is 0 Å². The van der Waals surface area contributed by atoms with Gasteiger partial charge in [0, 0.05) is 0 Å². The summed E-state index contributed by atoms with van der Waals surface area (Å²) in [5, 5.41) is 1.66. The summed E-state index contributed by atoms with van der Waals surface area (Å²) in [6.45, 7) is 4.46. The van der Waals surface area contributed by atoms with Gasteiger partial charge in [0.15, 0.2) is 0 Å². The molecule has 4 heteroatoms. The Labute approximate surface area is 204 Å². The van der Waals surface area contributed by atoms with Crippen LogP contribution < -0.4 is 5.19 Å². The Bertz CT molecular complexity index is 1070. The Morgan fingerprint density at radius 3 is 1.52 bits per heavy atom. The van der Waals surface area contributed by atoms with Gasteiger partial charge >= 0.3 is 181 Å². The number of rotatable bonds is 4. The SMILES string of the molecule is CC1=Cc2ccccc2[CH]1[Hf]([CH3])([SiH2]c1ccccc1)[CH]1C(C)=Cc2ccccc21.Cl.Cl. The molecule has 0 heterocycles. The molecule has 2 atom stereocenters. The molecule has 0 nitrogen and oxygen atoms in total. The van der Waals surface area contributed by atoms with Crippen LogP contribution in [0.25, 0.3) is 12.2 Å². The molecule has 0 aromatic heterocycles. The molecule has 2 unspecified atom stereocenters. The fourth-order valence-electron chi connectivity index (χ4n) is 6.12. The Kier molecular flexibility index (Phi) is 7.69. The van der Waals surface area contributed by atoms with E-state index < -0.39 is 19.1 Å². The van der Waals surface area contributed by atoms with Crippen LogP contribution in [0, 0.1) is 0 Å². The topological polar surface area (TPSA) is 0 Å². The fourth-order valence-corrected chi connectivity index (χ4v) is 49.5. The maximum absolute atomic E-state index is 2.92. The molecule has 5 rings (SSSR count). The summed E-state index contributed by atoms with van der Waals surface area (Å²) in [4.78, 5) is 0. The van der Waals surface area contributed by atoms with Crippen LogP contribution in [0.4, 0.5) is 0 Å². The van der Waals surface area contributed by atoms with Gasteiger partial charge < -0.3 is 0 Å². The first kappa shape index (κ1) is 24.4. The van der Waals surface area contributed by atoms with Crippen LogP contribution in [0.3, 0.4) is 0 Å². The van der Waals surface area contributed by atoms with Crippen molar-refractivity contribution < 1.29 is 19.1 Å². The second kappa shape index (κ2) is 9.75. The van der Waals surface area contributed by atoms with E-state index in [4.69, 9.17) is 0 Å². The Balaban J connectivity index is 0.00000136. The molecule has 0 saturated heterocycles. The molecule has 0 aliphatic heterocycles. The fraction of sp³-hybridized carbons (Fsp3) is 0.185. The average molecular weight is 632 g/mol. The van der Waals surface area contributed by atoms with E-state index in [2.05, 4.69) is 110 Å². The summed E-state index contributed by atoms with van der Waals surface area (Å²) in [7, 11) is 0. The molecule has 0 fully saturated rings. The molecular formula is C27H30Cl2HfSi. The normalized spacial score (nSPS) is 20.7. The zero-order valence-electron chi connectivity index (χ0n) is 18.3. The van der Waals surface area contributed by atoms with Crippen molar-refractivity contribution in [2.24, 2.45) is 0 Å². The van der Waals surface area contributed by atoms with Crippen molar-refractivity contribution in [2.75, 3.05) is 0 Å². The summed E-state index contributed by atoms with van der Waals surface area (Å²) in [5.74, 6) is 0.